The molecule has 0 fully saturated rings. The van der Waals surface area contributed by atoms with Gasteiger partial charge in [0, 0.05) is 36.2 Å². The molecule has 0 atom stereocenters. The van der Waals surface area contributed by atoms with E-state index in [1.807, 2.05) is 26.8 Å². The van der Waals surface area contributed by atoms with Crippen LogP contribution in [-0.4, -0.2) is 55.4 Å². The van der Waals surface area contributed by atoms with Crippen LogP contribution in [0.25, 0.3) is 11.1 Å². The molecule has 3 N–H and O–H groups in total. The van der Waals surface area contributed by atoms with Gasteiger partial charge in [0.25, 0.3) is 5.91 Å². The predicted octanol–water partition coefficient (Wildman–Crippen LogP) is 5.30. The minimum Gasteiger partial charge on any atom is -0.496 e. The SMILES string of the molecule is COC(=O)c1ccccc1NC(=O)/C=C1\CCC(=O)c2cc(C)c(OC)cc21.Cc1cc2c(cc1C)/C(=C/C(=O)O)CNC2=O. The van der Waals surface area contributed by atoms with Gasteiger partial charge in [0.05, 0.1) is 25.5 Å². The van der Waals surface area contributed by atoms with Crippen molar-refractivity contribution >= 4 is 46.4 Å². The second-order valence-corrected chi connectivity index (χ2v) is 10.7. The van der Waals surface area contributed by atoms with Crippen molar-refractivity contribution < 1.29 is 38.6 Å². The first kappa shape index (κ1) is 32.4. The number of ether oxygens (including phenoxy) is 2. The van der Waals surface area contributed by atoms with Crippen LogP contribution >= 0.6 is 0 Å². The highest BCUT2D eigenvalue weighted by Gasteiger charge is 2.24. The van der Waals surface area contributed by atoms with Crippen LogP contribution in [-0.2, 0) is 14.3 Å². The van der Waals surface area contributed by atoms with Crippen molar-refractivity contribution in [3.63, 3.8) is 0 Å². The monoisotopic (exact) mass is 610 g/mol. The summed E-state index contributed by atoms with van der Waals surface area (Å²) in [6.07, 6.45) is 3.42. The maximum atomic E-state index is 12.6. The number of rotatable bonds is 5. The molecule has 2 amide bonds. The van der Waals surface area contributed by atoms with Crippen LogP contribution in [0.15, 0.2) is 60.7 Å². The van der Waals surface area contributed by atoms with E-state index >= 15 is 0 Å². The number of esters is 1. The highest BCUT2D eigenvalue weighted by atomic mass is 16.5. The predicted molar refractivity (Wildman–Crippen MR) is 170 cm³/mol. The van der Waals surface area contributed by atoms with Crippen molar-refractivity contribution in [3.8, 4) is 5.75 Å². The Hall–Kier alpha value is -5.51. The Bertz CT molecular complexity index is 1780. The lowest BCUT2D eigenvalue weighted by Gasteiger charge is -2.20. The lowest BCUT2D eigenvalue weighted by Crippen LogP contribution is -2.31. The van der Waals surface area contributed by atoms with Crippen molar-refractivity contribution in [2.75, 3.05) is 26.1 Å². The van der Waals surface area contributed by atoms with E-state index in [4.69, 9.17) is 14.6 Å². The van der Waals surface area contributed by atoms with Gasteiger partial charge in [-0.25, -0.2) is 9.59 Å². The summed E-state index contributed by atoms with van der Waals surface area (Å²) in [5.41, 5.74) is 7.53. The summed E-state index contributed by atoms with van der Waals surface area (Å²) in [5, 5.41) is 14.2. The van der Waals surface area contributed by atoms with Gasteiger partial charge in [-0.3, -0.25) is 14.4 Å². The Morgan fingerprint density at radius 2 is 1.47 bits per heavy atom. The number of carbonyl (C=O) groups is 5. The molecule has 10 heteroatoms. The number of Topliss-reactive ketones (excluding diaryl/α,β-unsaturated/α-hetero) is 1. The number of nitrogens with one attached hydrogen (secondary N) is 2. The molecule has 0 saturated carbocycles. The largest absolute Gasteiger partial charge is 0.496 e. The van der Waals surface area contributed by atoms with Crippen LogP contribution in [0.2, 0.25) is 0 Å². The number of para-hydroxylation sites is 1. The third kappa shape index (κ3) is 7.35. The lowest BCUT2D eigenvalue weighted by atomic mass is 9.85. The van der Waals surface area contributed by atoms with Crippen LogP contribution in [0.5, 0.6) is 5.75 Å². The number of amides is 2. The number of ketones is 1. The van der Waals surface area contributed by atoms with Gasteiger partial charge in [-0.15, -0.1) is 0 Å². The van der Waals surface area contributed by atoms with Crippen molar-refractivity contribution in [1.29, 1.82) is 0 Å². The molecule has 45 heavy (non-hydrogen) atoms. The molecule has 10 nitrogen and oxygen atoms in total. The molecule has 0 unspecified atom stereocenters. The number of carboxylic acid groups (broad SMARTS) is 1. The maximum Gasteiger partial charge on any atom is 0.339 e. The van der Waals surface area contributed by atoms with E-state index in [1.165, 1.54) is 13.2 Å². The van der Waals surface area contributed by atoms with Gasteiger partial charge in [0.1, 0.15) is 5.75 Å². The number of carboxylic acids is 1. The summed E-state index contributed by atoms with van der Waals surface area (Å²) in [6.45, 7) is 6.01. The summed E-state index contributed by atoms with van der Waals surface area (Å²) in [5.74, 6) is -1.35. The maximum absolute atomic E-state index is 12.6. The van der Waals surface area contributed by atoms with Gasteiger partial charge in [-0.2, -0.15) is 0 Å². The number of anilines is 1. The number of benzene rings is 3. The van der Waals surface area contributed by atoms with Gasteiger partial charge in [-0.05, 0) is 96.5 Å². The molecule has 3 aromatic carbocycles. The molecule has 0 radical (unpaired) electrons. The Labute approximate surface area is 260 Å². The normalized spacial score (nSPS) is 15.2. The van der Waals surface area contributed by atoms with Gasteiger partial charge in [-0.1, -0.05) is 18.2 Å². The summed E-state index contributed by atoms with van der Waals surface area (Å²) in [4.78, 5) is 59.2. The molecule has 0 bridgehead atoms. The molecule has 0 spiro atoms. The number of fused-ring (bicyclic) bond motifs is 2. The minimum atomic E-state index is -1.000. The number of carbonyl (C=O) groups excluding carboxylic acids is 4. The number of allylic oxidation sites excluding steroid dienone is 1. The van der Waals surface area contributed by atoms with E-state index in [9.17, 15) is 24.0 Å². The molecular weight excluding hydrogens is 576 g/mol. The zero-order valence-electron chi connectivity index (χ0n) is 25.7. The van der Waals surface area contributed by atoms with Crippen molar-refractivity contribution in [1.82, 2.24) is 5.32 Å². The number of hydrogen-bond donors (Lipinski definition) is 3. The molecule has 3 aromatic rings. The molecule has 0 saturated heterocycles. The highest BCUT2D eigenvalue weighted by molar-refractivity contribution is 6.11. The number of hydrogen-bond acceptors (Lipinski definition) is 7. The molecule has 2 aliphatic rings. The number of methoxy groups -OCH3 is 2. The van der Waals surface area contributed by atoms with Crippen LogP contribution in [0.3, 0.4) is 0 Å². The van der Waals surface area contributed by atoms with E-state index in [0.29, 0.717) is 46.5 Å². The topological polar surface area (TPSA) is 148 Å². The molecular formula is C35H34N2O8. The summed E-state index contributed by atoms with van der Waals surface area (Å²) in [7, 11) is 2.85. The Morgan fingerprint density at radius 1 is 0.822 bits per heavy atom. The average molecular weight is 611 g/mol. The summed E-state index contributed by atoms with van der Waals surface area (Å²) < 4.78 is 10.1. The lowest BCUT2D eigenvalue weighted by molar-refractivity contribution is -0.131. The standard InChI is InChI=1S/C22H21NO5.C13H13NO3/c1-13-10-17-16(12-20(13)27-2)14(8-9-19(17)24)11-21(25)23-18-7-5-4-6-15(18)22(26)28-3;1-7-3-10-9(5-12(15)16)6-14-13(17)11(10)4-8(7)2/h4-7,10-12H,8-9H2,1-3H3,(H,23,25);3-5H,6H2,1-2H3,(H,14,17)(H,15,16)/b14-11+;9-5+. The zero-order chi connectivity index (χ0) is 32.8. The minimum absolute atomic E-state index is 0.0503. The fourth-order valence-corrected chi connectivity index (χ4v) is 5.19. The first-order chi connectivity index (χ1) is 21.4. The number of aliphatic carboxylic acids is 1. The molecule has 1 heterocycles. The second-order valence-electron chi connectivity index (χ2n) is 10.7. The quantitative estimate of drug-likeness (QED) is 0.260. The van der Waals surface area contributed by atoms with E-state index in [2.05, 4.69) is 10.6 Å². The highest BCUT2D eigenvalue weighted by Crippen LogP contribution is 2.35. The molecule has 232 valence electrons. The third-order valence-electron chi connectivity index (χ3n) is 7.66. The second kappa shape index (κ2) is 13.9. The zero-order valence-corrected chi connectivity index (χ0v) is 25.7. The third-order valence-corrected chi connectivity index (χ3v) is 7.66. The smallest absolute Gasteiger partial charge is 0.339 e. The fraction of sp³-hybridized carbons (Fsp3) is 0.229. The van der Waals surface area contributed by atoms with Gasteiger partial charge in [0.2, 0.25) is 5.91 Å². The summed E-state index contributed by atoms with van der Waals surface area (Å²) >= 11 is 0. The molecule has 1 aliphatic heterocycles. The van der Waals surface area contributed by atoms with Crippen LogP contribution in [0, 0.1) is 20.8 Å². The van der Waals surface area contributed by atoms with E-state index < -0.39 is 11.9 Å². The number of aryl methyl sites for hydroxylation is 3. The van der Waals surface area contributed by atoms with Crippen LogP contribution in [0.1, 0.15) is 71.7 Å². The van der Waals surface area contributed by atoms with Gasteiger partial charge < -0.3 is 25.2 Å². The van der Waals surface area contributed by atoms with E-state index in [1.54, 1.807) is 49.6 Å². The first-order valence-electron chi connectivity index (χ1n) is 14.2. The Balaban J connectivity index is 0.000000231. The van der Waals surface area contributed by atoms with Crippen molar-refractivity contribution in [2.45, 2.75) is 33.6 Å². The summed E-state index contributed by atoms with van der Waals surface area (Å²) in [6, 6.07) is 13.9. The molecule has 0 aromatic heterocycles. The molecule has 5 rings (SSSR count). The van der Waals surface area contributed by atoms with Crippen LogP contribution in [0.4, 0.5) is 5.69 Å². The van der Waals surface area contributed by atoms with E-state index in [-0.39, 0.29) is 29.7 Å². The van der Waals surface area contributed by atoms with Crippen molar-refractivity contribution in [3.05, 3.63) is 105 Å². The average Bonchev–Trinajstić information content (AvgIpc) is 3.01. The van der Waals surface area contributed by atoms with Gasteiger partial charge >= 0.3 is 11.9 Å². The Morgan fingerprint density at radius 3 is 2.13 bits per heavy atom. The Kier molecular flexibility index (Phi) is 9.98. The van der Waals surface area contributed by atoms with Gasteiger partial charge in [0.15, 0.2) is 5.78 Å². The molecule has 1 aliphatic carbocycles. The van der Waals surface area contributed by atoms with Crippen LogP contribution < -0.4 is 15.4 Å². The van der Waals surface area contributed by atoms with Crippen molar-refractivity contribution in [2.24, 2.45) is 0 Å². The van der Waals surface area contributed by atoms with E-state index in [0.717, 1.165) is 33.9 Å². The fourth-order valence-electron chi connectivity index (χ4n) is 5.19. The first-order valence-corrected chi connectivity index (χ1v) is 14.2.